The largest absolute Gasteiger partial charge is 0.354 e. The van der Waals surface area contributed by atoms with Crippen LogP contribution in [0.1, 0.15) is 47.0 Å². The fourth-order valence-electron chi connectivity index (χ4n) is 1.90. The summed E-state index contributed by atoms with van der Waals surface area (Å²) in [5.74, 6) is 0.994. The van der Waals surface area contributed by atoms with Crippen molar-refractivity contribution >= 4 is 5.91 Å². The van der Waals surface area contributed by atoms with Crippen LogP contribution >= 0.6 is 0 Å². The van der Waals surface area contributed by atoms with Crippen molar-refractivity contribution in [2.45, 2.75) is 65.1 Å². The Morgan fingerprint density at radius 1 is 1.27 bits per heavy atom. The first-order valence-corrected chi connectivity index (χ1v) is 6.04. The molecule has 15 heavy (non-hydrogen) atoms. The minimum atomic E-state index is 0.146. The number of carbonyl (C=O) groups excluding carboxylic acids is 1. The van der Waals surface area contributed by atoms with E-state index in [9.17, 15) is 4.79 Å². The standard InChI is InChI=1S/C12H24N2O/c1-8(2)13-12(15)7-9(3)14-10(4)11-5-6-11/h8-11,14H,5-7H2,1-4H3,(H,13,15). The molecule has 2 unspecified atom stereocenters. The van der Waals surface area contributed by atoms with E-state index in [4.69, 9.17) is 0 Å². The van der Waals surface area contributed by atoms with Crippen molar-refractivity contribution in [1.29, 1.82) is 0 Å². The molecule has 0 aliphatic heterocycles. The van der Waals surface area contributed by atoms with Gasteiger partial charge >= 0.3 is 0 Å². The molecule has 1 aliphatic rings. The summed E-state index contributed by atoms with van der Waals surface area (Å²) in [6, 6.07) is 1.08. The zero-order valence-corrected chi connectivity index (χ0v) is 10.3. The molecule has 88 valence electrons. The molecule has 1 amide bonds. The molecule has 0 aromatic rings. The SMILES string of the molecule is CC(C)NC(=O)CC(C)NC(C)C1CC1. The summed E-state index contributed by atoms with van der Waals surface area (Å²) in [5.41, 5.74) is 0. The summed E-state index contributed by atoms with van der Waals surface area (Å²) in [7, 11) is 0. The maximum atomic E-state index is 11.5. The summed E-state index contributed by atoms with van der Waals surface area (Å²) in [5, 5.41) is 6.40. The Balaban J connectivity index is 2.16. The second-order valence-corrected chi connectivity index (χ2v) is 5.12. The van der Waals surface area contributed by atoms with Crippen LogP contribution in [0.15, 0.2) is 0 Å². The van der Waals surface area contributed by atoms with Gasteiger partial charge in [-0.15, -0.1) is 0 Å². The molecule has 1 aliphatic carbocycles. The molecule has 1 fully saturated rings. The summed E-state index contributed by atoms with van der Waals surface area (Å²) in [6.45, 7) is 8.28. The van der Waals surface area contributed by atoms with Gasteiger partial charge in [0, 0.05) is 24.5 Å². The second kappa shape index (κ2) is 5.50. The third-order valence-electron chi connectivity index (χ3n) is 2.82. The molecule has 0 aromatic carbocycles. The van der Waals surface area contributed by atoms with E-state index in [-0.39, 0.29) is 18.0 Å². The zero-order valence-electron chi connectivity index (χ0n) is 10.3. The van der Waals surface area contributed by atoms with E-state index < -0.39 is 0 Å². The first kappa shape index (κ1) is 12.5. The fraction of sp³-hybridized carbons (Fsp3) is 0.917. The topological polar surface area (TPSA) is 41.1 Å². The monoisotopic (exact) mass is 212 g/mol. The molecule has 0 bridgehead atoms. The highest BCUT2D eigenvalue weighted by atomic mass is 16.1. The number of hydrogen-bond donors (Lipinski definition) is 2. The highest BCUT2D eigenvalue weighted by Crippen LogP contribution is 2.32. The third-order valence-corrected chi connectivity index (χ3v) is 2.82. The van der Waals surface area contributed by atoms with Crippen molar-refractivity contribution < 1.29 is 4.79 Å². The predicted molar refractivity (Wildman–Crippen MR) is 62.7 cm³/mol. The van der Waals surface area contributed by atoms with Gasteiger partial charge in [-0.05, 0) is 46.5 Å². The van der Waals surface area contributed by atoms with Gasteiger partial charge < -0.3 is 10.6 Å². The zero-order chi connectivity index (χ0) is 11.4. The number of hydrogen-bond acceptors (Lipinski definition) is 2. The normalized spacial score (nSPS) is 20.1. The van der Waals surface area contributed by atoms with Crippen molar-refractivity contribution in [3.05, 3.63) is 0 Å². The molecule has 0 radical (unpaired) electrons. The highest BCUT2D eigenvalue weighted by Gasteiger charge is 2.28. The van der Waals surface area contributed by atoms with Crippen molar-refractivity contribution in [2.24, 2.45) is 5.92 Å². The molecule has 2 atom stereocenters. The van der Waals surface area contributed by atoms with Crippen LogP contribution in [0, 0.1) is 5.92 Å². The van der Waals surface area contributed by atoms with Gasteiger partial charge in [0.05, 0.1) is 0 Å². The molecular formula is C12H24N2O. The molecule has 0 aromatic heterocycles. The fourth-order valence-corrected chi connectivity index (χ4v) is 1.90. The minimum absolute atomic E-state index is 0.146. The Bertz CT molecular complexity index is 212. The lowest BCUT2D eigenvalue weighted by atomic mass is 10.1. The Hall–Kier alpha value is -0.570. The lowest BCUT2D eigenvalue weighted by Gasteiger charge is -2.19. The van der Waals surface area contributed by atoms with Gasteiger partial charge in [0.15, 0.2) is 0 Å². The summed E-state index contributed by atoms with van der Waals surface area (Å²) in [4.78, 5) is 11.5. The van der Waals surface area contributed by atoms with Crippen molar-refractivity contribution in [3.63, 3.8) is 0 Å². The van der Waals surface area contributed by atoms with E-state index in [1.807, 2.05) is 13.8 Å². The van der Waals surface area contributed by atoms with E-state index in [0.29, 0.717) is 12.5 Å². The second-order valence-electron chi connectivity index (χ2n) is 5.12. The van der Waals surface area contributed by atoms with E-state index in [0.717, 1.165) is 5.92 Å². The molecule has 3 nitrogen and oxygen atoms in total. The van der Waals surface area contributed by atoms with Crippen LogP contribution in [0.2, 0.25) is 0 Å². The number of amides is 1. The van der Waals surface area contributed by atoms with Crippen molar-refractivity contribution in [2.75, 3.05) is 0 Å². The van der Waals surface area contributed by atoms with Crippen LogP contribution in [-0.4, -0.2) is 24.0 Å². The maximum absolute atomic E-state index is 11.5. The maximum Gasteiger partial charge on any atom is 0.221 e. The molecule has 0 heterocycles. The average Bonchev–Trinajstić information content (AvgIpc) is 2.82. The van der Waals surface area contributed by atoms with Gasteiger partial charge in [-0.1, -0.05) is 0 Å². The van der Waals surface area contributed by atoms with E-state index >= 15 is 0 Å². The molecule has 1 rings (SSSR count). The molecule has 1 saturated carbocycles. The molecule has 0 saturated heterocycles. The van der Waals surface area contributed by atoms with Gasteiger partial charge in [-0.3, -0.25) is 4.79 Å². The van der Waals surface area contributed by atoms with Crippen LogP contribution in [-0.2, 0) is 4.79 Å². The van der Waals surface area contributed by atoms with E-state index in [1.54, 1.807) is 0 Å². The number of rotatable bonds is 6. The van der Waals surface area contributed by atoms with Gasteiger partial charge in [0.1, 0.15) is 0 Å². The van der Waals surface area contributed by atoms with Crippen LogP contribution < -0.4 is 10.6 Å². The molecule has 0 spiro atoms. The Kier molecular flexibility index (Phi) is 4.58. The Morgan fingerprint density at radius 3 is 2.33 bits per heavy atom. The summed E-state index contributed by atoms with van der Waals surface area (Å²) >= 11 is 0. The molecule has 2 N–H and O–H groups in total. The van der Waals surface area contributed by atoms with Crippen LogP contribution in [0.25, 0.3) is 0 Å². The quantitative estimate of drug-likeness (QED) is 0.703. The van der Waals surface area contributed by atoms with Crippen LogP contribution in [0.5, 0.6) is 0 Å². The predicted octanol–water partition coefficient (Wildman–Crippen LogP) is 1.68. The van der Waals surface area contributed by atoms with E-state index in [2.05, 4.69) is 24.5 Å². The Morgan fingerprint density at radius 2 is 1.87 bits per heavy atom. The van der Waals surface area contributed by atoms with Crippen molar-refractivity contribution in [3.8, 4) is 0 Å². The van der Waals surface area contributed by atoms with Gasteiger partial charge in [-0.25, -0.2) is 0 Å². The number of carbonyl (C=O) groups is 1. The lowest BCUT2D eigenvalue weighted by molar-refractivity contribution is -0.122. The summed E-state index contributed by atoms with van der Waals surface area (Å²) in [6.07, 6.45) is 3.27. The summed E-state index contributed by atoms with van der Waals surface area (Å²) < 4.78 is 0. The average molecular weight is 212 g/mol. The van der Waals surface area contributed by atoms with Gasteiger partial charge in [0.2, 0.25) is 5.91 Å². The third kappa shape index (κ3) is 5.17. The lowest BCUT2D eigenvalue weighted by Crippen LogP contribution is -2.40. The molecule has 3 heteroatoms. The van der Waals surface area contributed by atoms with E-state index in [1.165, 1.54) is 12.8 Å². The first-order chi connectivity index (χ1) is 6.99. The van der Waals surface area contributed by atoms with Crippen molar-refractivity contribution in [1.82, 2.24) is 10.6 Å². The van der Waals surface area contributed by atoms with Crippen LogP contribution in [0.4, 0.5) is 0 Å². The Labute approximate surface area is 93.0 Å². The smallest absolute Gasteiger partial charge is 0.221 e. The number of nitrogens with one attached hydrogen (secondary N) is 2. The van der Waals surface area contributed by atoms with Crippen LogP contribution in [0.3, 0.4) is 0 Å². The first-order valence-electron chi connectivity index (χ1n) is 6.04. The highest BCUT2D eigenvalue weighted by molar-refractivity contribution is 5.76. The minimum Gasteiger partial charge on any atom is -0.354 e. The van der Waals surface area contributed by atoms with Gasteiger partial charge in [0.25, 0.3) is 0 Å². The molecular weight excluding hydrogens is 188 g/mol. The van der Waals surface area contributed by atoms with Gasteiger partial charge in [-0.2, -0.15) is 0 Å².